The Morgan fingerprint density at radius 2 is 2.04 bits per heavy atom. The first-order valence-electron chi connectivity index (χ1n) is 7.63. The van der Waals surface area contributed by atoms with E-state index in [9.17, 15) is 4.79 Å². The number of methoxy groups -OCH3 is 1. The van der Waals surface area contributed by atoms with Crippen LogP contribution in [0, 0.1) is 0 Å². The van der Waals surface area contributed by atoms with E-state index in [1.807, 2.05) is 6.07 Å². The van der Waals surface area contributed by atoms with Crippen LogP contribution in [0.25, 0.3) is 0 Å². The number of carbonyl (C=O) groups is 1. The highest BCUT2D eigenvalue weighted by molar-refractivity contribution is 6.30. The predicted octanol–water partition coefficient (Wildman–Crippen LogP) is 3.31. The summed E-state index contributed by atoms with van der Waals surface area (Å²) in [5.74, 6) is 1.25. The molecule has 1 amide bonds. The molecule has 5 nitrogen and oxygen atoms in total. The quantitative estimate of drug-likeness (QED) is 0.814. The molecule has 1 heterocycles. The van der Waals surface area contributed by atoms with Gasteiger partial charge in [0.1, 0.15) is 18.1 Å². The molecule has 0 aromatic heterocycles. The molecule has 3 rings (SSSR count). The SMILES string of the molecule is COCCOc1ccc(NC(=O)C2Cc3cc(Cl)ccc3O2)cc1. The van der Waals surface area contributed by atoms with Crippen LogP contribution in [0.5, 0.6) is 11.5 Å². The van der Waals surface area contributed by atoms with Gasteiger partial charge in [-0.1, -0.05) is 11.6 Å². The Morgan fingerprint density at radius 3 is 2.79 bits per heavy atom. The van der Waals surface area contributed by atoms with E-state index in [4.69, 9.17) is 25.8 Å². The number of nitrogens with one attached hydrogen (secondary N) is 1. The van der Waals surface area contributed by atoms with Crippen LogP contribution < -0.4 is 14.8 Å². The van der Waals surface area contributed by atoms with Crippen molar-refractivity contribution in [3.05, 3.63) is 53.1 Å². The molecule has 6 heteroatoms. The second-order valence-electron chi connectivity index (χ2n) is 5.42. The average Bonchev–Trinajstić information content (AvgIpc) is 3.00. The molecule has 1 atom stereocenters. The van der Waals surface area contributed by atoms with Crippen molar-refractivity contribution in [3.8, 4) is 11.5 Å². The first-order chi connectivity index (χ1) is 11.7. The molecule has 1 unspecified atom stereocenters. The number of anilines is 1. The molecule has 1 aliphatic heterocycles. The normalized spacial score (nSPS) is 15.5. The molecular weight excluding hydrogens is 330 g/mol. The molecular formula is C18H18ClNO4. The Morgan fingerprint density at radius 1 is 1.25 bits per heavy atom. The maximum Gasteiger partial charge on any atom is 0.265 e. The van der Waals surface area contributed by atoms with Gasteiger partial charge in [0.05, 0.1) is 6.61 Å². The van der Waals surface area contributed by atoms with Gasteiger partial charge >= 0.3 is 0 Å². The summed E-state index contributed by atoms with van der Waals surface area (Å²) in [5.41, 5.74) is 1.64. The van der Waals surface area contributed by atoms with Crippen LogP contribution in [0.1, 0.15) is 5.56 Å². The van der Waals surface area contributed by atoms with Crippen LogP contribution in [0.15, 0.2) is 42.5 Å². The minimum absolute atomic E-state index is 0.185. The van der Waals surface area contributed by atoms with E-state index in [2.05, 4.69) is 5.32 Å². The van der Waals surface area contributed by atoms with Gasteiger partial charge in [-0.15, -0.1) is 0 Å². The van der Waals surface area contributed by atoms with Gasteiger partial charge in [-0.3, -0.25) is 4.79 Å². The van der Waals surface area contributed by atoms with Crippen LogP contribution in [0.3, 0.4) is 0 Å². The topological polar surface area (TPSA) is 56.8 Å². The lowest BCUT2D eigenvalue weighted by atomic mass is 10.1. The molecule has 126 valence electrons. The number of ether oxygens (including phenoxy) is 3. The van der Waals surface area contributed by atoms with E-state index < -0.39 is 6.10 Å². The Balaban J connectivity index is 1.56. The van der Waals surface area contributed by atoms with Crippen LogP contribution in [-0.4, -0.2) is 32.3 Å². The van der Waals surface area contributed by atoms with Gasteiger partial charge in [-0.2, -0.15) is 0 Å². The molecule has 2 aromatic carbocycles. The van der Waals surface area contributed by atoms with Gasteiger partial charge in [-0.05, 0) is 48.0 Å². The number of hydrogen-bond donors (Lipinski definition) is 1. The molecule has 0 radical (unpaired) electrons. The molecule has 2 aromatic rings. The lowest BCUT2D eigenvalue weighted by Crippen LogP contribution is -2.31. The highest BCUT2D eigenvalue weighted by Gasteiger charge is 2.29. The standard InChI is InChI=1S/C18H18ClNO4/c1-22-8-9-23-15-5-3-14(4-6-15)20-18(21)17-11-12-10-13(19)2-7-16(12)24-17/h2-7,10,17H,8-9,11H2,1H3,(H,20,21). The van der Waals surface area contributed by atoms with E-state index in [-0.39, 0.29) is 5.91 Å². The van der Waals surface area contributed by atoms with Crippen molar-refractivity contribution in [2.24, 2.45) is 0 Å². The monoisotopic (exact) mass is 347 g/mol. The van der Waals surface area contributed by atoms with Crippen LogP contribution in [-0.2, 0) is 16.0 Å². The maximum absolute atomic E-state index is 12.3. The maximum atomic E-state index is 12.3. The summed E-state index contributed by atoms with van der Waals surface area (Å²) in [7, 11) is 1.62. The molecule has 1 aliphatic rings. The Bertz CT molecular complexity index is 717. The van der Waals surface area contributed by atoms with E-state index in [0.717, 1.165) is 11.3 Å². The zero-order chi connectivity index (χ0) is 16.9. The smallest absolute Gasteiger partial charge is 0.265 e. The lowest BCUT2D eigenvalue weighted by Gasteiger charge is -2.12. The molecule has 0 fully saturated rings. The van der Waals surface area contributed by atoms with Crippen LogP contribution in [0.2, 0.25) is 5.02 Å². The highest BCUT2D eigenvalue weighted by Crippen LogP contribution is 2.31. The van der Waals surface area contributed by atoms with Gasteiger partial charge in [0.2, 0.25) is 0 Å². The summed E-state index contributed by atoms with van der Waals surface area (Å²) < 4.78 is 16.1. The van der Waals surface area contributed by atoms with Gasteiger partial charge in [-0.25, -0.2) is 0 Å². The number of rotatable bonds is 6. The van der Waals surface area contributed by atoms with Crippen molar-refractivity contribution < 1.29 is 19.0 Å². The van der Waals surface area contributed by atoms with E-state index in [1.54, 1.807) is 43.5 Å². The minimum Gasteiger partial charge on any atom is -0.491 e. The Kier molecular flexibility index (Phi) is 5.23. The summed E-state index contributed by atoms with van der Waals surface area (Å²) in [5, 5.41) is 3.49. The Labute approximate surface area is 145 Å². The molecule has 24 heavy (non-hydrogen) atoms. The van der Waals surface area contributed by atoms with Crippen LogP contribution in [0.4, 0.5) is 5.69 Å². The van der Waals surface area contributed by atoms with Gasteiger partial charge in [0.25, 0.3) is 5.91 Å². The minimum atomic E-state index is -0.545. The van der Waals surface area contributed by atoms with Crippen molar-refractivity contribution in [2.75, 3.05) is 25.6 Å². The molecule has 0 saturated carbocycles. The highest BCUT2D eigenvalue weighted by atomic mass is 35.5. The van der Waals surface area contributed by atoms with E-state index in [0.29, 0.717) is 36.1 Å². The first kappa shape index (κ1) is 16.6. The lowest BCUT2D eigenvalue weighted by molar-refractivity contribution is -0.122. The number of halogens is 1. The van der Waals surface area contributed by atoms with Gasteiger partial charge in [0, 0.05) is 24.2 Å². The van der Waals surface area contributed by atoms with Crippen molar-refractivity contribution in [1.82, 2.24) is 0 Å². The summed E-state index contributed by atoms with van der Waals surface area (Å²) >= 11 is 5.96. The predicted molar refractivity (Wildman–Crippen MR) is 92.0 cm³/mol. The molecule has 0 aliphatic carbocycles. The van der Waals surface area contributed by atoms with E-state index >= 15 is 0 Å². The molecule has 0 spiro atoms. The third-order valence-corrected chi connectivity index (χ3v) is 3.90. The number of hydrogen-bond acceptors (Lipinski definition) is 4. The fraction of sp³-hybridized carbons (Fsp3) is 0.278. The van der Waals surface area contributed by atoms with Crippen molar-refractivity contribution in [1.29, 1.82) is 0 Å². The summed E-state index contributed by atoms with van der Waals surface area (Å²) in [6.45, 7) is 1.01. The van der Waals surface area contributed by atoms with Crippen molar-refractivity contribution >= 4 is 23.2 Å². The third kappa shape index (κ3) is 3.99. The largest absolute Gasteiger partial charge is 0.491 e. The number of benzene rings is 2. The second kappa shape index (κ2) is 7.55. The summed E-state index contributed by atoms with van der Waals surface area (Å²) in [6, 6.07) is 12.6. The zero-order valence-corrected chi connectivity index (χ0v) is 14.0. The fourth-order valence-corrected chi connectivity index (χ4v) is 2.66. The summed E-state index contributed by atoms with van der Waals surface area (Å²) in [4.78, 5) is 12.3. The van der Waals surface area contributed by atoms with Crippen molar-refractivity contribution in [2.45, 2.75) is 12.5 Å². The third-order valence-electron chi connectivity index (χ3n) is 3.67. The molecule has 1 N–H and O–H groups in total. The van der Waals surface area contributed by atoms with Gasteiger partial charge < -0.3 is 19.5 Å². The average molecular weight is 348 g/mol. The van der Waals surface area contributed by atoms with Crippen molar-refractivity contribution in [3.63, 3.8) is 0 Å². The molecule has 0 saturated heterocycles. The first-order valence-corrected chi connectivity index (χ1v) is 8.01. The Hall–Kier alpha value is -2.24. The number of amides is 1. The summed E-state index contributed by atoms with van der Waals surface area (Å²) in [6.07, 6.45) is -0.0315. The second-order valence-corrected chi connectivity index (χ2v) is 5.85. The number of fused-ring (bicyclic) bond motifs is 1. The fourth-order valence-electron chi connectivity index (χ4n) is 2.46. The van der Waals surface area contributed by atoms with Crippen LogP contribution >= 0.6 is 11.6 Å². The van der Waals surface area contributed by atoms with E-state index in [1.165, 1.54) is 0 Å². The van der Waals surface area contributed by atoms with Gasteiger partial charge in [0.15, 0.2) is 6.10 Å². The zero-order valence-electron chi connectivity index (χ0n) is 13.3. The number of carbonyl (C=O) groups excluding carboxylic acids is 1. The molecule has 0 bridgehead atoms.